The number of hydrogen-bond donors (Lipinski definition) is 2. The Morgan fingerprint density at radius 2 is 2.06 bits per heavy atom. The molecule has 2 aliphatic heterocycles. The minimum absolute atomic E-state index is 0.166. The van der Waals surface area contributed by atoms with E-state index in [4.69, 9.17) is 11.1 Å². The van der Waals surface area contributed by atoms with Gasteiger partial charge in [-0.05, 0) is 31.5 Å². The van der Waals surface area contributed by atoms with Crippen molar-refractivity contribution in [1.82, 2.24) is 4.90 Å². The maximum atomic E-state index is 7.68. The summed E-state index contributed by atoms with van der Waals surface area (Å²) in [6.45, 7) is 4.51. The quantitative estimate of drug-likeness (QED) is 0.608. The lowest BCUT2D eigenvalue weighted by Gasteiger charge is -2.39. The molecule has 2 aliphatic rings. The van der Waals surface area contributed by atoms with Crippen molar-refractivity contribution in [3.63, 3.8) is 0 Å². The number of nitrogen functional groups attached to an aromatic ring is 1. The molecule has 0 spiro atoms. The number of benzene rings is 1. The van der Waals surface area contributed by atoms with Crippen LogP contribution >= 0.6 is 0 Å². The molecular formula is C14H20N4. The van der Waals surface area contributed by atoms with Gasteiger partial charge in [0, 0.05) is 36.9 Å². The van der Waals surface area contributed by atoms with Crippen LogP contribution in [-0.2, 0) is 0 Å². The number of para-hydroxylation sites is 1. The Labute approximate surface area is 108 Å². The second kappa shape index (κ2) is 4.61. The highest BCUT2D eigenvalue weighted by atomic mass is 15.3. The van der Waals surface area contributed by atoms with Crippen LogP contribution in [0.5, 0.6) is 0 Å². The molecular weight excluding hydrogens is 224 g/mol. The van der Waals surface area contributed by atoms with E-state index in [1.54, 1.807) is 0 Å². The van der Waals surface area contributed by atoms with E-state index < -0.39 is 0 Å². The Balaban J connectivity index is 1.85. The summed E-state index contributed by atoms with van der Waals surface area (Å²) in [5.74, 6) is 0.166. The minimum atomic E-state index is 0.166. The monoisotopic (exact) mass is 244 g/mol. The Morgan fingerprint density at radius 3 is 2.89 bits per heavy atom. The van der Waals surface area contributed by atoms with Crippen molar-refractivity contribution < 1.29 is 0 Å². The molecule has 3 N–H and O–H groups in total. The first-order valence-electron chi connectivity index (χ1n) is 6.68. The number of amidine groups is 1. The second-order valence-corrected chi connectivity index (χ2v) is 5.21. The third-order valence-electron chi connectivity index (χ3n) is 4.12. The van der Waals surface area contributed by atoms with Gasteiger partial charge in [-0.1, -0.05) is 12.1 Å². The first-order chi connectivity index (χ1) is 8.75. The molecule has 4 nitrogen and oxygen atoms in total. The van der Waals surface area contributed by atoms with Crippen LogP contribution in [0.4, 0.5) is 5.69 Å². The summed E-state index contributed by atoms with van der Waals surface area (Å²) in [5.41, 5.74) is 7.66. The zero-order valence-corrected chi connectivity index (χ0v) is 10.6. The van der Waals surface area contributed by atoms with Crippen LogP contribution in [0, 0.1) is 5.41 Å². The first-order valence-corrected chi connectivity index (χ1v) is 6.68. The molecule has 0 bridgehead atoms. The maximum absolute atomic E-state index is 7.68. The molecule has 4 heteroatoms. The van der Waals surface area contributed by atoms with Crippen LogP contribution in [-0.4, -0.2) is 43.0 Å². The van der Waals surface area contributed by atoms with Crippen LogP contribution in [0.25, 0.3) is 0 Å². The molecule has 0 aliphatic carbocycles. The lowest BCUT2D eigenvalue weighted by molar-refractivity contribution is 0.231. The van der Waals surface area contributed by atoms with E-state index in [2.05, 4.69) is 15.9 Å². The van der Waals surface area contributed by atoms with Crippen LogP contribution in [0.1, 0.15) is 18.4 Å². The predicted octanol–water partition coefficient (Wildman–Crippen LogP) is 1.26. The minimum Gasteiger partial charge on any atom is -0.384 e. The molecule has 2 fully saturated rings. The Kier molecular flexibility index (Phi) is 2.96. The zero-order chi connectivity index (χ0) is 12.5. The molecule has 0 saturated carbocycles. The second-order valence-electron chi connectivity index (χ2n) is 5.21. The highest BCUT2D eigenvalue weighted by molar-refractivity contribution is 6.00. The highest BCUT2D eigenvalue weighted by Crippen LogP contribution is 2.27. The Morgan fingerprint density at radius 1 is 1.22 bits per heavy atom. The lowest BCUT2D eigenvalue weighted by Crippen LogP contribution is -2.50. The summed E-state index contributed by atoms with van der Waals surface area (Å²) in [7, 11) is 0. The van der Waals surface area contributed by atoms with Gasteiger partial charge in [0.05, 0.1) is 0 Å². The number of nitrogens with two attached hydrogens (primary N) is 1. The largest absolute Gasteiger partial charge is 0.384 e. The molecule has 1 atom stereocenters. The molecule has 0 aromatic heterocycles. The molecule has 96 valence electrons. The van der Waals surface area contributed by atoms with Crippen molar-refractivity contribution in [1.29, 1.82) is 5.41 Å². The SMILES string of the molecule is N=C(N)c1ccccc1N1CCN2CCCC2C1. The van der Waals surface area contributed by atoms with Crippen LogP contribution in [0.2, 0.25) is 0 Å². The number of nitrogens with zero attached hydrogens (tertiary/aromatic N) is 2. The summed E-state index contributed by atoms with van der Waals surface area (Å²) in [4.78, 5) is 4.98. The topological polar surface area (TPSA) is 56.4 Å². The van der Waals surface area contributed by atoms with Crippen LogP contribution in [0.3, 0.4) is 0 Å². The summed E-state index contributed by atoms with van der Waals surface area (Å²) in [6, 6.07) is 8.70. The third-order valence-corrected chi connectivity index (χ3v) is 4.12. The fraction of sp³-hybridized carbons (Fsp3) is 0.500. The van der Waals surface area contributed by atoms with E-state index >= 15 is 0 Å². The molecule has 2 heterocycles. The molecule has 1 unspecified atom stereocenters. The fourth-order valence-electron chi connectivity index (χ4n) is 3.19. The maximum Gasteiger partial charge on any atom is 0.124 e. The summed E-state index contributed by atoms with van der Waals surface area (Å²) in [6.07, 6.45) is 2.63. The van der Waals surface area contributed by atoms with Gasteiger partial charge in [0.1, 0.15) is 5.84 Å². The Hall–Kier alpha value is -1.55. The van der Waals surface area contributed by atoms with Crippen LogP contribution < -0.4 is 10.6 Å². The van der Waals surface area contributed by atoms with Gasteiger partial charge in [-0.3, -0.25) is 10.3 Å². The number of rotatable bonds is 2. The van der Waals surface area contributed by atoms with Crippen molar-refractivity contribution in [2.75, 3.05) is 31.1 Å². The predicted molar refractivity (Wildman–Crippen MR) is 74.3 cm³/mol. The summed E-state index contributed by atoms with van der Waals surface area (Å²) < 4.78 is 0. The molecule has 18 heavy (non-hydrogen) atoms. The van der Waals surface area contributed by atoms with Gasteiger partial charge < -0.3 is 10.6 Å². The normalized spacial score (nSPS) is 24.0. The van der Waals surface area contributed by atoms with Gasteiger partial charge >= 0.3 is 0 Å². The average molecular weight is 244 g/mol. The summed E-state index contributed by atoms with van der Waals surface area (Å²) >= 11 is 0. The van der Waals surface area contributed by atoms with E-state index in [0.29, 0.717) is 6.04 Å². The molecule has 3 rings (SSSR count). The fourth-order valence-corrected chi connectivity index (χ4v) is 3.19. The Bertz CT molecular complexity index is 457. The van der Waals surface area contributed by atoms with Crippen molar-refractivity contribution in [2.24, 2.45) is 5.73 Å². The van der Waals surface area contributed by atoms with Gasteiger partial charge in [0.25, 0.3) is 0 Å². The van der Waals surface area contributed by atoms with Gasteiger partial charge in [-0.25, -0.2) is 0 Å². The molecule has 0 amide bonds. The van der Waals surface area contributed by atoms with Crippen molar-refractivity contribution >= 4 is 11.5 Å². The van der Waals surface area contributed by atoms with Crippen molar-refractivity contribution in [3.8, 4) is 0 Å². The molecule has 2 saturated heterocycles. The number of anilines is 1. The third kappa shape index (κ3) is 1.97. The van der Waals surface area contributed by atoms with E-state index in [-0.39, 0.29) is 5.84 Å². The van der Waals surface area contributed by atoms with Gasteiger partial charge in [0.2, 0.25) is 0 Å². The van der Waals surface area contributed by atoms with Crippen molar-refractivity contribution in [2.45, 2.75) is 18.9 Å². The van der Waals surface area contributed by atoms with E-state index in [1.165, 1.54) is 19.4 Å². The van der Waals surface area contributed by atoms with Gasteiger partial charge in [-0.15, -0.1) is 0 Å². The number of fused-ring (bicyclic) bond motifs is 1. The average Bonchev–Trinajstić information content (AvgIpc) is 2.85. The standard InChI is InChI=1S/C14H20N4/c15-14(16)12-5-1-2-6-13(12)18-9-8-17-7-3-4-11(17)10-18/h1-2,5-6,11H,3-4,7-10H2,(H3,15,16). The van der Waals surface area contributed by atoms with Gasteiger partial charge in [0.15, 0.2) is 0 Å². The highest BCUT2D eigenvalue weighted by Gasteiger charge is 2.31. The lowest BCUT2D eigenvalue weighted by atomic mass is 10.1. The van der Waals surface area contributed by atoms with Gasteiger partial charge in [-0.2, -0.15) is 0 Å². The van der Waals surface area contributed by atoms with E-state index in [0.717, 1.165) is 30.9 Å². The number of piperazine rings is 1. The van der Waals surface area contributed by atoms with Crippen LogP contribution in [0.15, 0.2) is 24.3 Å². The summed E-state index contributed by atoms with van der Waals surface area (Å²) in [5, 5.41) is 7.68. The van der Waals surface area contributed by atoms with E-state index in [1.807, 2.05) is 18.2 Å². The molecule has 0 radical (unpaired) electrons. The van der Waals surface area contributed by atoms with E-state index in [9.17, 15) is 0 Å². The number of hydrogen-bond acceptors (Lipinski definition) is 3. The smallest absolute Gasteiger partial charge is 0.124 e. The molecule has 1 aromatic rings. The zero-order valence-electron chi connectivity index (χ0n) is 10.6. The first kappa shape index (κ1) is 11.5. The molecule has 1 aromatic carbocycles. The van der Waals surface area contributed by atoms with Crippen molar-refractivity contribution in [3.05, 3.63) is 29.8 Å². The number of nitrogens with one attached hydrogen (secondary N) is 1.